The third-order valence-electron chi connectivity index (χ3n) is 4.58. The third-order valence-corrected chi connectivity index (χ3v) is 4.58. The zero-order valence-corrected chi connectivity index (χ0v) is 15.9. The summed E-state index contributed by atoms with van der Waals surface area (Å²) in [6.07, 6.45) is 0. The lowest BCUT2D eigenvalue weighted by molar-refractivity contribution is -0.133. The van der Waals surface area contributed by atoms with Crippen LogP contribution in [0.4, 0.5) is 15.9 Å². The van der Waals surface area contributed by atoms with Gasteiger partial charge in [-0.3, -0.25) is 4.79 Å². The number of pyridine rings is 1. The Morgan fingerprint density at radius 2 is 2.03 bits per heavy atom. The molecule has 148 valence electrons. The minimum atomic E-state index is -0.330. The minimum Gasteiger partial charge on any atom is -0.497 e. The van der Waals surface area contributed by atoms with E-state index in [9.17, 15) is 9.18 Å². The Labute approximate surface area is 167 Å². The molecule has 0 radical (unpaired) electrons. The Kier molecular flexibility index (Phi) is 5.29. The highest BCUT2D eigenvalue weighted by Crippen LogP contribution is 2.26. The van der Waals surface area contributed by atoms with Gasteiger partial charge in [0.15, 0.2) is 6.61 Å². The van der Waals surface area contributed by atoms with Gasteiger partial charge < -0.3 is 19.7 Å². The van der Waals surface area contributed by atoms with Crippen molar-refractivity contribution in [2.75, 3.05) is 19.0 Å². The average Bonchev–Trinajstić information content (AvgIpc) is 2.87. The van der Waals surface area contributed by atoms with E-state index in [0.717, 1.165) is 11.3 Å². The smallest absolute Gasteiger partial charge is 0.261 e. The van der Waals surface area contributed by atoms with Gasteiger partial charge in [-0.2, -0.15) is 0 Å². The zero-order valence-electron chi connectivity index (χ0n) is 15.9. The molecule has 0 saturated carbocycles. The van der Waals surface area contributed by atoms with Crippen molar-refractivity contribution in [1.82, 2.24) is 9.88 Å². The highest BCUT2D eigenvalue weighted by Gasteiger charge is 2.23. The fourth-order valence-electron chi connectivity index (χ4n) is 3.15. The topological polar surface area (TPSA) is 63.7 Å². The molecule has 0 bridgehead atoms. The number of benzene rings is 2. The van der Waals surface area contributed by atoms with Crippen molar-refractivity contribution in [1.29, 1.82) is 0 Å². The number of hydrogen-bond donors (Lipinski definition) is 1. The molecule has 1 N–H and O–H groups in total. The molecular formula is C22H20FN3O3. The SMILES string of the molecule is COc1cccc(CN2Cc3nc(Nc4cccc(F)c4)ccc3OCC2=O)c1. The highest BCUT2D eigenvalue weighted by molar-refractivity contribution is 5.78. The van der Waals surface area contributed by atoms with E-state index in [1.807, 2.05) is 24.3 Å². The van der Waals surface area contributed by atoms with E-state index in [1.165, 1.54) is 12.1 Å². The van der Waals surface area contributed by atoms with Gasteiger partial charge in [0.05, 0.1) is 13.7 Å². The number of methoxy groups -OCH3 is 1. The fraction of sp³-hybridized carbons (Fsp3) is 0.182. The van der Waals surface area contributed by atoms with Gasteiger partial charge in [-0.1, -0.05) is 18.2 Å². The van der Waals surface area contributed by atoms with Crippen LogP contribution in [0.1, 0.15) is 11.3 Å². The van der Waals surface area contributed by atoms with Crippen LogP contribution in [0.3, 0.4) is 0 Å². The van der Waals surface area contributed by atoms with E-state index in [-0.39, 0.29) is 18.3 Å². The summed E-state index contributed by atoms with van der Waals surface area (Å²) in [5.74, 6) is 1.40. The molecule has 4 rings (SSSR count). The van der Waals surface area contributed by atoms with Crippen LogP contribution in [-0.2, 0) is 17.9 Å². The van der Waals surface area contributed by atoms with Crippen LogP contribution in [0.25, 0.3) is 0 Å². The molecule has 6 nitrogen and oxygen atoms in total. The lowest BCUT2D eigenvalue weighted by atomic mass is 10.2. The van der Waals surface area contributed by atoms with Crippen molar-refractivity contribution in [2.24, 2.45) is 0 Å². The van der Waals surface area contributed by atoms with Crippen LogP contribution in [0.2, 0.25) is 0 Å². The molecule has 1 aromatic heterocycles. The summed E-state index contributed by atoms with van der Waals surface area (Å²) in [4.78, 5) is 18.8. The fourth-order valence-corrected chi connectivity index (χ4v) is 3.15. The van der Waals surface area contributed by atoms with Crippen molar-refractivity contribution in [3.63, 3.8) is 0 Å². The summed E-state index contributed by atoms with van der Waals surface area (Å²) < 4.78 is 24.3. The Balaban J connectivity index is 1.55. The number of rotatable bonds is 5. The third kappa shape index (κ3) is 4.45. The number of carbonyl (C=O) groups excluding carboxylic acids is 1. The summed E-state index contributed by atoms with van der Waals surface area (Å²) in [5, 5.41) is 3.08. The molecule has 1 aliphatic rings. The van der Waals surface area contributed by atoms with Crippen molar-refractivity contribution in [2.45, 2.75) is 13.1 Å². The Hall–Kier alpha value is -3.61. The summed E-state index contributed by atoms with van der Waals surface area (Å²) in [7, 11) is 1.61. The molecule has 0 aliphatic carbocycles. The van der Waals surface area contributed by atoms with E-state index in [2.05, 4.69) is 10.3 Å². The predicted octanol–water partition coefficient (Wildman–Crippen LogP) is 3.89. The maximum atomic E-state index is 13.4. The van der Waals surface area contributed by atoms with Crippen molar-refractivity contribution in [3.05, 3.63) is 77.7 Å². The van der Waals surface area contributed by atoms with E-state index >= 15 is 0 Å². The molecule has 0 saturated heterocycles. The van der Waals surface area contributed by atoms with E-state index in [0.29, 0.717) is 36.0 Å². The number of nitrogens with one attached hydrogen (secondary N) is 1. The lowest BCUT2D eigenvalue weighted by Gasteiger charge is -2.20. The van der Waals surface area contributed by atoms with Gasteiger partial charge in [0, 0.05) is 12.2 Å². The highest BCUT2D eigenvalue weighted by atomic mass is 19.1. The van der Waals surface area contributed by atoms with Crippen LogP contribution in [0.15, 0.2) is 60.7 Å². The number of hydrogen-bond acceptors (Lipinski definition) is 5. The van der Waals surface area contributed by atoms with Gasteiger partial charge in [0.1, 0.15) is 28.8 Å². The van der Waals surface area contributed by atoms with Crippen LogP contribution in [0, 0.1) is 5.82 Å². The maximum absolute atomic E-state index is 13.4. The molecule has 2 heterocycles. The normalized spacial score (nSPS) is 13.3. The first-order valence-corrected chi connectivity index (χ1v) is 9.17. The molecule has 0 fully saturated rings. The Morgan fingerprint density at radius 1 is 1.17 bits per heavy atom. The monoisotopic (exact) mass is 393 g/mol. The molecule has 1 amide bonds. The van der Waals surface area contributed by atoms with Gasteiger partial charge in [0.25, 0.3) is 5.91 Å². The van der Waals surface area contributed by atoms with Gasteiger partial charge in [0.2, 0.25) is 0 Å². The molecule has 0 atom stereocenters. The number of aromatic nitrogens is 1. The number of nitrogens with zero attached hydrogens (tertiary/aromatic N) is 2. The zero-order chi connectivity index (χ0) is 20.2. The molecule has 1 aliphatic heterocycles. The van der Waals surface area contributed by atoms with Gasteiger partial charge in [-0.05, 0) is 48.0 Å². The average molecular weight is 393 g/mol. The number of amides is 1. The van der Waals surface area contributed by atoms with Crippen LogP contribution in [0.5, 0.6) is 11.5 Å². The first kappa shape index (κ1) is 18.7. The first-order chi connectivity index (χ1) is 14.1. The quantitative estimate of drug-likeness (QED) is 0.712. The summed E-state index contributed by atoms with van der Waals surface area (Å²) in [6, 6.07) is 17.3. The molecule has 0 unspecified atom stereocenters. The van der Waals surface area contributed by atoms with E-state index < -0.39 is 0 Å². The molecule has 7 heteroatoms. The van der Waals surface area contributed by atoms with Crippen LogP contribution >= 0.6 is 0 Å². The minimum absolute atomic E-state index is 0.0463. The second-order valence-corrected chi connectivity index (χ2v) is 6.67. The summed E-state index contributed by atoms with van der Waals surface area (Å²) in [5.41, 5.74) is 2.19. The lowest BCUT2D eigenvalue weighted by Crippen LogP contribution is -2.32. The standard InChI is InChI=1S/C22H20FN3O3/c1-28-18-7-2-4-15(10-18)12-26-13-19-20(29-14-22(26)27)8-9-21(25-19)24-17-6-3-5-16(23)11-17/h2-11H,12-14H2,1H3,(H,24,25). The number of carbonyl (C=O) groups is 1. The van der Waals surface area contributed by atoms with E-state index in [4.69, 9.17) is 9.47 Å². The number of halogens is 1. The van der Waals surface area contributed by atoms with Gasteiger partial charge in [-0.25, -0.2) is 9.37 Å². The van der Waals surface area contributed by atoms with Crippen molar-refractivity contribution in [3.8, 4) is 11.5 Å². The predicted molar refractivity (Wildman–Crippen MR) is 107 cm³/mol. The Bertz CT molecular complexity index is 1040. The molecular weight excluding hydrogens is 373 g/mol. The summed E-state index contributed by atoms with van der Waals surface area (Å²) >= 11 is 0. The van der Waals surface area contributed by atoms with Gasteiger partial charge >= 0.3 is 0 Å². The molecule has 29 heavy (non-hydrogen) atoms. The Morgan fingerprint density at radius 3 is 2.86 bits per heavy atom. The molecule has 3 aromatic rings. The van der Waals surface area contributed by atoms with Gasteiger partial charge in [-0.15, -0.1) is 0 Å². The molecule has 2 aromatic carbocycles. The number of anilines is 2. The second kappa shape index (κ2) is 8.18. The molecule has 0 spiro atoms. The van der Waals surface area contributed by atoms with Crippen LogP contribution in [-0.4, -0.2) is 29.5 Å². The second-order valence-electron chi connectivity index (χ2n) is 6.67. The number of ether oxygens (including phenoxy) is 2. The maximum Gasteiger partial charge on any atom is 0.261 e. The van der Waals surface area contributed by atoms with Crippen molar-refractivity contribution < 1.29 is 18.7 Å². The summed E-state index contributed by atoms with van der Waals surface area (Å²) in [6.45, 7) is 0.682. The first-order valence-electron chi connectivity index (χ1n) is 9.17. The van der Waals surface area contributed by atoms with E-state index in [1.54, 1.807) is 36.3 Å². The van der Waals surface area contributed by atoms with Crippen LogP contribution < -0.4 is 14.8 Å². The number of fused-ring (bicyclic) bond motifs is 1. The van der Waals surface area contributed by atoms with Crippen molar-refractivity contribution >= 4 is 17.4 Å². The largest absolute Gasteiger partial charge is 0.497 e.